The number of aryl methyl sites for hydroxylation is 1. The summed E-state index contributed by atoms with van der Waals surface area (Å²) >= 11 is 0. The van der Waals surface area contributed by atoms with Gasteiger partial charge in [-0.05, 0) is 44.5 Å². The number of pyridine rings is 1. The van der Waals surface area contributed by atoms with Crippen LogP contribution in [0.2, 0.25) is 0 Å². The molecular formula is C20H24N4O2. The van der Waals surface area contributed by atoms with Crippen LogP contribution in [0.15, 0.2) is 53.2 Å². The van der Waals surface area contributed by atoms with E-state index < -0.39 is 0 Å². The van der Waals surface area contributed by atoms with Crippen LogP contribution < -0.4 is 5.32 Å². The number of nitrogens with one attached hydrogen (secondary N) is 1. The molecule has 2 heterocycles. The van der Waals surface area contributed by atoms with E-state index in [1.807, 2.05) is 37.0 Å². The Morgan fingerprint density at radius 3 is 2.69 bits per heavy atom. The lowest BCUT2D eigenvalue weighted by Crippen LogP contribution is -2.39. The Kier molecular flexibility index (Phi) is 5.99. The van der Waals surface area contributed by atoms with Gasteiger partial charge in [0.25, 0.3) is 0 Å². The first-order valence-corrected chi connectivity index (χ1v) is 8.58. The number of rotatable bonds is 4. The highest BCUT2D eigenvalue weighted by Gasteiger charge is 2.16. The molecule has 6 nitrogen and oxygen atoms in total. The van der Waals surface area contributed by atoms with Crippen LogP contribution in [0.4, 0.5) is 5.69 Å². The van der Waals surface area contributed by atoms with Crippen molar-refractivity contribution in [3.8, 4) is 0 Å². The van der Waals surface area contributed by atoms with E-state index in [2.05, 4.69) is 46.5 Å². The van der Waals surface area contributed by atoms with Crippen molar-refractivity contribution in [2.24, 2.45) is 4.99 Å². The van der Waals surface area contributed by atoms with Gasteiger partial charge < -0.3 is 10.2 Å². The van der Waals surface area contributed by atoms with Crippen molar-refractivity contribution in [1.29, 1.82) is 0 Å². The van der Waals surface area contributed by atoms with Crippen LogP contribution in [0.3, 0.4) is 0 Å². The molecule has 0 spiro atoms. The molecule has 0 unspecified atom stereocenters. The topological polar surface area (TPSA) is 59.0 Å². The molecule has 0 bridgehead atoms. The first-order valence-electron chi connectivity index (χ1n) is 8.58. The van der Waals surface area contributed by atoms with Gasteiger partial charge in [-0.25, -0.2) is 14.8 Å². The van der Waals surface area contributed by atoms with Gasteiger partial charge in [0.05, 0.1) is 17.6 Å². The van der Waals surface area contributed by atoms with Crippen molar-refractivity contribution in [3.05, 3.63) is 65.0 Å². The van der Waals surface area contributed by atoms with E-state index in [1.165, 1.54) is 16.7 Å². The van der Waals surface area contributed by atoms with Crippen LogP contribution in [0.5, 0.6) is 0 Å². The zero-order chi connectivity index (χ0) is 18.4. The molecule has 3 rings (SSSR count). The first kappa shape index (κ1) is 18.1. The lowest BCUT2D eigenvalue weighted by atomic mass is 10.1. The molecule has 1 aliphatic rings. The van der Waals surface area contributed by atoms with Crippen LogP contribution in [-0.4, -0.2) is 29.3 Å². The summed E-state index contributed by atoms with van der Waals surface area (Å²) in [5, 5.41) is 3.15. The summed E-state index contributed by atoms with van der Waals surface area (Å²) in [5.41, 5.74) is 5.31. The largest absolute Gasteiger partial charge is 0.330 e. The Labute approximate surface area is 154 Å². The van der Waals surface area contributed by atoms with E-state index in [-0.39, 0.29) is 6.73 Å². The lowest BCUT2D eigenvalue weighted by molar-refractivity contribution is -0.305. The van der Waals surface area contributed by atoms with Crippen LogP contribution in [0.1, 0.15) is 30.7 Å². The van der Waals surface area contributed by atoms with E-state index in [9.17, 15) is 0 Å². The summed E-state index contributed by atoms with van der Waals surface area (Å²) in [7, 11) is 0. The van der Waals surface area contributed by atoms with Crippen molar-refractivity contribution in [1.82, 2.24) is 15.2 Å². The Hall–Kier alpha value is -2.70. The highest BCUT2D eigenvalue weighted by atomic mass is 17.2. The fourth-order valence-corrected chi connectivity index (χ4v) is 2.52. The average Bonchev–Trinajstić information content (AvgIpc) is 2.83. The summed E-state index contributed by atoms with van der Waals surface area (Å²) in [6, 6.07) is 12.3. The highest BCUT2D eigenvalue weighted by Crippen LogP contribution is 2.15. The number of benzene rings is 1. The van der Waals surface area contributed by atoms with Crippen molar-refractivity contribution in [2.75, 3.05) is 13.5 Å². The van der Waals surface area contributed by atoms with E-state index in [0.717, 1.165) is 11.4 Å². The van der Waals surface area contributed by atoms with Crippen LogP contribution >= 0.6 is 0 Å². The maximum Gasteiger partial charge on any atom is 0.203 e. The third-order valence-corrected chi connectivity index (χ3v) is 3.82. The Balaban J connectivity index is 1.80. The number of allylic oxidation sites excluding steroid dienone is 1. The van der Waals surface area contributed by atoms with Crippen molar-refractivity contribution in [3.63, 3.8) is 0 Å². The summed E-state index contributed by atoms with van der Waals surface area (Å²) in [6.45, 7) is 7.38. The number of nitrogens with zero attached hydrogens (tertiary/aromatic N) is 3. The smallest absolute Gasteiger partial charge is 0.203 e. The zero-order valence-corrected chi connectivity index (χ0v) is 15.4. The van der Waals surface area contributed by atoms with E-state index >= 15 is 0 Å². The molecule has 6 heteroatoms. The minimum atomic E-state index is 0.243. The number of aromatic nitrogens is 1. The minimum absolute atomic E-state index is 0.243. The second-order valence-corrected chi connectivity index (χ2v) is 6.47. The van der Waals surface area contributed by atoms with Gasteiger partial charge in [-0.2, -0.15) is 0 Å². The average molecular weight is 352 g/mol. The van der Waals surface area contributed by atoms with Crippen LogP contribution in [0.25, 0.3) is 6.08 Å². The van der Waals surface area contributed by atoms with Gasteiger partial charge >= 0.3 is 0 Å². The predicted octanol–water partition coefficient (Wildman–Crippen LogP) is 3.77. The maximum atomic E-state index is 5.19. The second-order valence-electron chi connectivity index (χ2n) is 6.47. The van der Waals surface area contributed by atoms with E-state index in [4.69, 9.17) is 9.78 Å². The molecule has 0 atom stereocenters. The zero-order valence-electron chi connectivity index (χ0n) is 15.4. The molecule has 1 N–H and O–H groups in total. The molecule has 136 valence electrons. The molecule has 0 amide bonds. The third kappa shape index (κ3) is 5.15. The number of hydrogen-bond donors (Lipinski definition) is 1. The molecule has 0 radical (unpaired) electrons. The number of hydrogen-bond acceptors (Lipinski definition) is 4. The molecule has 1 saturated heterocycles. The molecule has 1 aromatic heterocycles. The quantitative estimate of drug-likeness (QED) is 0.849. The molecule has 0 aliphatic carbocycles. The molecular weight excluding hydrogens is 328 g/mol. The van der Waals surface area contributed by atoms with Gasteiger partial charge in [-0.1, -0.05) is 35.4 Å². The second kappa shape index (κ2) is 8.60. The molecule has 1 fully saturated rings. The van der Waals surface area contributed by atoms with E-state index in [1.54, 1.807) is 6.20 Å². The number of guanidine groups is 1. The summed E-state index contributed by atoms with van der Waals surface area (Å²) in [4.78, 5) is 21.4. The molecule has 0 saturated carbocycles. The minimum Gasteiger partial charge on any atom is -0.330 e. The Bertz CT molecular complexity index is 778. The third-order valence-electron chi connectivity index (χ3n) is 3.82. The van der Waals surface area contributed by atoms with Gasteiger partial charge in [0.15, 0.2) is 13.5 Å². The molecule has 1 aliphatic heterocycles. The standard InChI is InChI=1S/C20H24N4O2/c1-15(2)10-18-8-9-19(11-21-18)23-20-22-13-25-26-14-24(20)12-17-6-4-16(3)5-7-17/h4-11H,12-14H2,1-3H3,(H,22,23). The van der Waals surface area contributed by atoms with Crippen LogP contribution in [-0.2, 0) is 16.3 Å². The van der Waals surface area contributed by atoms with Gasteiger partial charge in [-0.15, -0.1) is 0 Å². The van der Waals surface area contributed by atoms with Gasteiger partial charge in [0.2, 0.25) is 5.96 Å². The molecule has 1 aromatic carbocycles. The lowest BCUT2D eigenvalue weighted by Gasteiger charge is -2.22. The fourth-order valence-electron chi connectivity index (χ4n) is 2.52. The van der Waals surface area contributed by atoms with Crippen molar-refractivity contribution in [2.45, 2.75) is 27.3 Å². The summed E-state index contributed by atoms with van der Waals surface area (Å²) in [5.74, 6) is 0.694. The molecule has 26 heavy (non-hydrogen) atoms. The predicted molar refractivity (Wildman–Crippen MR) is 102 cm³/mol. The summed E-state index contributed by atoms with van der Waals surface area (Å²) in [6.07, 6.45) is 3.80. The Morgan fingerprint density at radius 1 is 1.19 bits per heavy atom. The molecule has 2 aromatic rings. The number of aliphatic imine (C=N–C) groups is 1. The van der Waals surface area contributed by atoms with Gasteiger partial charge in [0.1, 0.15) is 0 Å². The highest BCUT2D eigenvalue weighted by molar-refractivity contribution is 5.82. The fraction of sp³-hybridized carbons (Fsp3) is 0.300. The van der Waals surface area contributed by atoms with Gasteiger partial charge in [0, 0.05) is 6.54 Å². The monoisotopic (exact) mass is 352 g/mol. The normalized spacial score (nSPS) is 16.1. The van der Waals surface area contributed by atoms with Gasteiger partial charge in [-0.3, -0.25) is 4.98 Å². The van der Waals surface area contributed by atoms with E-state index in [0.29, 0.717) is 19.2 Å². The summed E-state index contributed by atoms with van der Waals surface area (Å²) < 4.78 is 0. The maximum absolute atomic E-state index is 5.19. The van der Waals surface area contributed by atoms with Crippen molar-refractivity contribution < 1.29 is 9.78 Å². The van der Waals surface area contributed by atoms with Crippen LogP contribution in [0, 0.1) is 6.92 Å². The van der Waals surface area contributed by atoms with Crippen molar-refractivity contribution >= 4 is 17.7 Å². The SMILES string of the molecule is CC(C)=Cc1ccc(/N=C2\NCOOCN2Cc2ccc(C)cc2)cn1. The first-order chi connectivity index (χ1) is 12.6. The Morgan fingerprint density at radius 2 is 2.00 bits per heavy atom.